The molecule has 0 saturated carbocycles. The summed E-state index contributed by atoms with van der Waals surface area (Å²) in [7, 11) is 0. The molecular weight excluding hydrogens is 363 g/mol. The summed E-state index contributed by atoms with van der Waals surface area (Å²) in [6.45, 7) is 2.24. The Morgan fingerprint density at radius 2 is 1.33 bits per heavy atom. The molecule has 0 aliphatic rings. The number of benzene rings is 1. The minimum absolute atomic E-state index is 0. The molecule has 0 spiro atoms. The molecule has 0 atom stereocenters. The van der Waals surface area contributed by atoms with Gasteiger partial charge >= 0.3 is 63.3 Å². The summed E-state index contributed by atoms with van der Waals surface area (Å²) < 4.78 is 4.80. The first-order valence-corrected chi connectivity index (χ1v) is 10.2. The van der Waals surface area contributed by atoms with Gasteiger partial charge in [-0.15, -0.1) is 0 Å². The summed E-state index contributed by atoms with van der Waals surface area (Å²) in [5.74, 6) is -1.02. The van der Waals surface area contributed by atoms with Crippen LogP contribution < -0.4 is 0 Å². The number of ether oxygens (including phenoxy) is 1. The van der Waals surface area contributed by atoms with Crippen molar-refractivity contribution < 1.29 is 14.3 Å². The quantitative estimate of drug-likeness (QED) is 0.130. The molecule has 0 aliphatic heterocycles. The second kappa shape index (κ2) is 19.1. The molecule has 0 bridgehead atoms. The fourth-order valence-corrected chi connectivity index (χ4v) is 2.86. The minimum atomic E-state index is -0.595. The van der Waals surface area contributed by atoms with E-state index < -0.39 is 11.9 Å². The Hall–Kier alpha value is -0.264. The Labute approximate surface area is 207 Å². The van der Waals surface area contributed by atoms with Gasteiger partial charge in [-0.2, -0.15) is 0 Å². The molecule has 27 heavy (non-hydrogen) atoms. The van der Waals surface area contributed by atoms with E-state index in [0.29, 0.717) is 6.42 Å². The van der Waals surface area contributed by atoms with Crippen molar-refractivity contribution in [1.82, 2.24) is 0 Å². The third kappa shape index (κ3) is 16.4. The maximum absolute atomic E-state index is 11.6. The molecule has 0 amide bonds. The molecule has 0 heterocycles. The molecule has 3 nitrogen and oxygen atoms in total. The zero-order chi connectivity index (χ0) is 18.9. The topological polar surface area (TPSA) is 43.4 Å². The van der Waals surface area contributed by atoms with E-state index in [0.717, 1.165) is 24.8 Å². The van der Waals surface area contributed by atoms with E-state index in [1.165, 1.54) is 57.4 Å². The monoisotopic (exact) mass is 398 g/mol. The molecule has 0 unspecified atom stereocenters. The van der Waals surface area contributed by atoms with Gasteiger partial charge in [-0.05, 0) is 18.1 Å². The zero-order valence-corrected chi connectivity index (χ0v) is 16.3. The SMILES string of the molecule is CCCCCCCCCCCCCC(=O)OC(=O)/C=C/c1ccccc1.[KH]. The van der Waals surface area contributed by atoms with Crippen molar-refractivity contribution in [1.29, 1.82) is 0 Å². The molecular formula is C23H35KO3. The Morgan fingerprint density at radius 3 is 1.89 bits per heavy atom. The molecule has 1 rings (SSSR count). The van der Waals surface area contributed by atoms with Crippen molar-refractivity contribution in [3.63, 3.8) is 0 Å². The predicted molar refractivity (Wildman–Crippen MR) is 115 cm³/mol. The van der Waals surface area contributed by atoms with Crippen molar-refractivity contribution >= 4 is 69.4 Å². The molecule has 0 radical (unpaired) electrons. The van der Waals surface area contributed by atoms with Gasteiger partial charge in [0, 0.05) is 12.5 Å². The van der Waals surface area contributed by atoms with E-state index >= 15 is 0 Å². The van der Waals surface area contributed by atoms with Gasteiger partial charge in [0.15, 0.2) is 0 Å². The third-order valence-electron chi connectivity index (χ3n) is 4.41. The molecule has 0 fully saturated rings. The third-order valence-corrected chi connectivity index (χ3v) is 4.41. The van der Waals surface area contributed by atoms with Gasteiger partial charge in [0.05, 0.1) is 0 Å². The summed E-state index contributed by atoms with van der Waals surface area (Å²) in [6.07, 6.45) is 16.9. The fourth-order valence-electron chi connectivity index (χ4n) is 2.86. The van der Waals surface area contributed by atoms with Gasteiger partial charge in [0.2, 0.25) is 0 Å². The number of carbonyl (C=O) groups is 2. The maximum atomic E-state index is 11.6. The van der Waals surface area contributed by atoms with Crippen LogP contribution in [0.1, 0.15) is 89.5 Å². The van der Waals surface area contributed by atoms with Crippen LogP contribution in [0, 0.1) is 0 Å². The van der Waals surface area contributed by atoms with Gasteiger partial charge in [-0.1, -0.05) is 101 Å². The zero-order valence-electron chi connectivity index (χ0n) is 16.3. The second-order valence-electron chi connectivity index (χ2n) is 6.82. The average molecular weight is 399 g/mol. The average Bonchev–Trinajstić information content (AvgIpc) is 2.65. The van der Waals surface area contributed by atoms with E-state index in [2.05, 4.69) is 6.92 Å². The van der Waals surface area contributed by atoms with Crippen LogP contribution in [0.2, 0.25) is 0 Å². The van der Waals surface area contributed by atoms with Gasteiger partial charge in [0.1, 0.15) is 0 Å². The first-order chi connectivity index (χ1) is 12.7. The van der Waals surface area contributed by atoms with Gasteiger partial charge < -0.3 is 4.74 Å². The van der Waals surface area contributed by atoms with Crippen LogP contribution in [0.25, 0.3) is 6.08 Å². The standard InChI is InChI=1S/C23H34O3.K.H/c1-2-3-4-5-6-7-8-9-10-11-15-18-22(24)26-23(25)20-19-21-16-13-12-14-17-21;;/h12-14,16-17,19-20H,2-11,15,18H2,1H3;;/b20-19+;;. The summed E-state index contributed by atoms with van der Waals surface area (Å²) in [5.41, 5.74) is 0.905. The van der Waals surface area contributed by atoms with Crippen LogP contribution in [0.5, 0.6) is 0 Å². The summed E-state index contributed by atoms with van der Waals surface area (Å²) in [6, 6.07) is 9.46. The molecule has 4 heteroatoms. The van der Waals surface area contributed by atoms with E-state index in [-0.39, 0.29) is 51.4 Å². The molecule has 0 saturated heterocycles. The number of esters is 2. The van der Waals surface area contributed by atoms with Crippen LogP contribution >= 0.6 is 0 Å². The Balaban J connectivity index is 0.00000676. The number of hydrogen-bond acceptors (Lipinski definition) is 3. The molecule has 0 aromatic heterocycles. The normalized spacial score (nSPS) is 10.6. The molecule has 0 N–H and O–H groups in total. The van der Waals surface area contributed by atoms with E-state index in [1.54, 1.807) is 6.08 Å². The van der Waals surface area contributed by atoms with Crippen molar-refractivity contribution in [2.45, 2.75) is 84.0 Å². The van der Waals surface area contributed by atoms with Gasteiger partial charge in [-0.25, -0.2) is 4.79 Å². The number of rotatable bonds is 14. The van der Waals surface area contributed by atoms with Crippen LogP contribution in [0.3, 0.4) is 0 Å². The van der Waals surface area contributed by atoms with E-state index in [4.69, 9.17) is 4.74 Å². The van der Waals surface area contributed by atoms with Crippen molar-refractivity contribution in [3.05, 3.63) is 42.0 Å². The first-order valence-electron chi connectivity index (χ1n) is 10.2. The molecule has 0 aliphatic carbocycles. The number of unbranched alkanes of at least 4 members (excludes halogenated alkanes) is 10. The summed E-state index contributed by atoms with van der Waals surface area (Å²) >= 11 is 0. The molecule has 146 valence electrons. The number of carbonyl (C=O) groups excluding carboxylic acids is 2. The summed E-state index contributed by atoms with van der Waals surface area (Å²) in [4.78, 5) is 23.2. The van der Waals surface area contributed by atoms with Gasteiger partial charge in [0.25, 0.3) is 0 Å². The first kappa shape index (κ1) is 26.7. The molecule has 1 aromatic carbocycles. The Bertz CT molecular complexity index is 526. The van der Waals surface area contributed by atoms with E-state index in [9.17, 15) is 9.59 Å². The number of hydrogen-bond donors (Lipinski definition) is 0. The van der Waals surface area contributed by atoms with Crippen LogP contribution in [-0.4, -0.2) is 63.3 Å². The van der Waals surface area contributed by atoms with Crippen LogP contribution in [0.4, 0.5) is 0 Å². The fraction of sp³-hybridized carbons (Fsp3) is 0.565. The molecule has 1 aromatic rings. The van der Waals surface area contributed by atoms with Gasteiger partial charge in [-0.3, -0.25) is 4.79 Å². The van der Waals surface area contributed by atoms with Crippen molar-refractivity contribution in [2.75, 3.05) is 0 Å². The Morgan fingerprint density at radius 1 is 0.815 bits per heavy atom. The van der Waals surface area contributed by atoms with E-state index in [1.807, 2.05) is 30.3 Å². The van der Waals surface area contributed by atoms with Crippen molar-refractivity contribution in [3.8, 4) is 0 Å². The van der Waals surface area contributed by atoms with Crippen molar-refractivity contribution in [2.24, 2.45) is 0 Å². The summed E-state index contributed by atoms with van der Waals surface area (Å²) in [5, 5.41) is 0. The van der Waals surface area contributed by atoms with Crippen LogP contribution in [0.15, 0.2) is 36.4 Å². The Kier molecular flexibility index (Phi) is 18.9. The van der Waals surface area contributed by atoms with Crippen LogP contribution in [-0.2, 0) is 14.3 Å². The second-order valence-corrected chi connectivity index (χ2v) is 6.82. The predicted octanol–water partition coefficient (Wildman–Crippen LogP) is 5.82.